The lowest BCUT2D eigenvalue weighted by molar-refractivity contribution is 0.0541. The number of halogens is 4. The SMILES string of the molecule is O=C(c1cc2c(Br)cccc2s1)C(F)(F)Cl. The highest BCUT2D eigenvalue weighted by Crippen LogP contribution is 2.35. The van der Waals surface area contributed by atoms with E-state index in [9.17, 15) is 13.6 Å². The molecule has 0 radical (unpaired) electrons. The van der Waals surface area contributed by atoms with E-state index in [2.05, 4.69) is 15.9 Å². The average molecular weight is 326 g/mol. The maximum atomic E-state index is 12.6. The van der Waals surface area contributed by atoms with Gasteiger partial charge in [-0.3, -0.25) is 4.79 Å². The van der Waals surface area contributed by atoms with Gasteiger partial charge in [-0.05, 0) is 29.8 Å². The summed E-state index contributed by atoms with van der Waals surface area (Å²) in [6.07, 6.45) is 0. The Morgan fingerprint density at radius 1 is 1.44 bits per heavy atom. The van der Waals surface area contributed by atoms with E-state index in [1.54, 1.807) is 18.2 Å². The quantitative estimate of drug-likeness (QED) is 0.579. The number of ketones is 1. The van der Waals surface area contributed by atoms with E-state index in [1.807, 2.05) is 0 Å². The van der Waals surface area contributed by atoms with Crippen LogP contribution >= 0.6 is 38.9 Å². The summed E-state index contributed by atoms with van der Waals surface area (Å²) in [6, 6.07) is 6.73. The highest BCUT2D eigenvalue weighted by atomic mass is 79.9. The molecule has 0 fully saturated rings. The summed E-state index contributed by atoms with van der Waals surface area (Å²) in [5, 5.41) is -3.11. The zero-order valence-electron chi connectivity index (χ0n) is 7.64. The van der Waals surface area contributed by atoms with Crippen molar-refractivity contribution in [3.05, 3.63) is 33.6 Å². The number of carbonyl (C=O) groups excluding carboxylic acids is 1. The van der Waals surface area contributed by atoms with Gasteiger partial charge in [0.15, 0.2) is 0 Å². The van der Waals surface area contributed by atoms with E-state index in [0.717, 1.165) is 25.9 Å². The van der Waals surface area contributed by atoms with Crippen LogP contribution < -0.4 is 0 Å². The van der Waals surface area contributed by atoms with Crippen LogP contribution in [0.15, 0.2) is 28.7 Å². The number of fused-ring (bicyclic) bond motifs is 1. The number of benzene rings is 1. The molecule has 0 bridgehead atoms. The third-order valence-corrected chi connectivity index (χ3v) is 3.95. The Morgan fingerprint density at radius 3 is 2.69 bits per heavy atom. The highest BCUT2D eigenvalue weighted by Gasteiger charge is 2.37. The molecule has 0 atom stereocenters. The Labute approximate surface area is 107 Å². The zero-order chi connectivity index (χ0) is 11.9. The van der Waals surface area contributed by atoms with Crippen LogP contribution in [0, 0.1) is 0 Å². The first-order valence-corrected chi connectivity index (χ1v) is 6.18. The van der Waals surface area contributed by atoms with E-state index in [0.29, 0.717) is 0 Å². The monoisotopic (exact) mass is 324 g/mol. The van der Waals surface area contributed by atoms with Crippen LogP contribution in [0.1, 0.15) is 9.67 Å². The van der Waals surface area contributed by atoms with Gasteiger partial charge in [0.2, 0.25) is 0 Å². The normalized spacial score (nSPS) is 12.0. The van der Waals surface area contributed by atoms with Crippen LogP contribution in [0.5, 0.6) is 0 Å². The predicted molar refractivity (Wildman–Crippen MR) is 64.7 cm³/mol. The van der Waals surface area contributed by atoms with Crippen LogP contribution in [0.25, 0.3) is 10.1 Å². The number of carbonyl (C=O) groups is 1. The van der Waals surface area contributed by atoms with Gasteiger partial charge < -0.3 is 0 Å². The summed E-state index contributed by atoms with van der Waals surface area (Å²) in [5.74, 6) is -1.36. The Kier molecular flexibility index (Phi) is 3.03. The minimum Gasteiger partial charge on any atom is -0.285 e. The van der Waals surface area contributed by atoms with E-state index >= 15 is 0 Å². The molecule has 84 valence electrons. The summed E-state index contributed by atoms with van der Waals surface area (Å²) in [7, 11) is 0. The van der Waals surface area contributed by atoms with Crippen molar-refractivity contribution in [2.24, 2.45) is 0 Å². The minimum absolute atomic E-state index is 0.0399. The second-order valence-electron chi connectivity index (χ2n) is 3.09. The molecule has 0 spiro atoms. The smallest absolute Gasteiger partial charge is 0.285 e. The van der Waals surface area contributed by atoms with Crippen molar-refractivity contribution < 1.29 is 13.6 Å². The maximum Gasteiger partial charge on any atom is 0.385 e. The molecule has 1 nitrogen and oxygen atoms in total. The molecular formula is C10H4BrClF2OS. The third-order valence-electron chi connectivity index (χ3n) is 1.99. The summed E-state index contributed by atoms with van der Waals surface area (Å²) < 4.78 is 26.8. The van der Waals surface area contributed by atoms with Gasteiger partial charge in [0.05, 0.1) is 4.88 Å². The molecule has 0 unspecified atom stereocenters. The molecule has 0 saturated carbocycles. The lowest BCUT2D eigenvalue weighted by atomic mass is 10.2. The van der Waals surface area contributed by atoms with Gasteiger partial charge >= 0.3 is 5.38 Å². The lowest BCUT2D eigenvalue weighted by Gasteiger charge is -2.02. The summed E-state index contributed by atoms with van der Waals surface area (Å²) in [4.78, 5) is 11.2. The molecule has 0 aliphatic carbocycles. The molecule has 2 aromatic rings. The first kappa shape index (κ1) is 12.0. The Morgan fingerprint density at radius 2 is 2.12 bits per heavy atom. The van der Waals surface area contributed by atoms with E-state index in [-0.39, 0.29) is 4.88 Å². The lowest BCUT2D eigenvalue weighted by Crippen LogP contribution is -2.20. The van der Waals surface area contributed by atoms with Crippen molar-refractivity contribution in [1.29, 1.82) is 0 Å². The second-order valence-corrected chi connectivity index (χ2v) is 5.50. The fourth-order valence-corrected chi connectivity index (χ4v) is 3.11. The fraction of sp³-hybridized carbons (Fsp3) is 0.100. The topological polar surface area (TPSA) is 17.1 Å². The standard InChI is InChI=1S/C10H4BrClF2OS/c11-6-2-1-3-7-5(6)4-8(16-7)9(15)10(12,13)14/h1-4H. The van der Waals surface area contributed by atoms with Gasteiger partial charge in [0.25, 0.3) is 5.78 Å². The Bertz CT molecular complexity index is 561. The molecule has 0 saturated heterocycles. The van der Waals surface area contributed by atoms with E-state index in [1.165, 1.54) is 6.07 Å². The zero-order valence-corrected chi connectivity index (χ0v) is 10.8. The summed E-state index contributed by atoms with van der Waals surface area (Å²) >= 11 is 8.98. The van der Waals surface area contributed by atoms with Gasteiger partial charge in [-0.1, -0.05) is 22.0 Å². The Hall–Kier alpha value is -0.520. The second kappa shape index (κ2) is 4.05. The van der Waals surface area contributed by atoms with Crippen molar-refractivity contribution in [3.63, 3.8) is 0 Å². The van der Waals surface area contributed by atoms with Crippen molar-refractivity contribution in [3.8, 4) is 0 Å². The fourth-order valence-electron chi connectivity index (χ4n) is 1.28. The molecule has 0 N–H and O–H groups in total. The number of hydrogen-bond acceptors (Lipinski definition) is 2. The minimum atomic E-state index is -3.84. The average Bonchev–Trinajstić information content (AvgIpc) is 2.60. The van der Waals surface area contributed by atoms with Crippen LogP contribution in [0.2, 0.25) is 0 Å². The first-order valence-electron chi connectivity index (χ1n) is 4.19. The van der Waals surface area contributed by atoms with Crippen LogP contribution in [0.4, 0.5) is 8.78 Å². The van der Waals surface area contributed by atoms with Gasteiger partial charge in [-0.25, -0.2) is 0 Å². The third kappa shape index (κ3) is 2.12. The predicted octanol–water partition coefficient (Wildman–Crippen LogP) is 4.68. The van der Waals surface area contributed by atoms with Gasteiger partial charge in [-0.15, -0.1) is 11.3 Å². The molecule has 0 amide bonds. The molecule has 1 aromatic heterocycles. The summed E-state index contributed by atoms with van der Waals surface area (Å²) in [6.45, 7) is 0. The van der Waals surface area contributed by atoms with Gasteiger partial charge in [-0.2, -0.15) is 8.78 Å². The number of thiophene rings is 1. The van der Waals surface area contributed by atoms with Crippen molar-refractivity contribution in [2.75, 3.05) is 0 Å². The van der Waals surface area contributed by atoms with Crippen LogP contribution in [-0.4, -0.2) is 11.2 Å². The molecule has 1 heterocycles. The van der Waals surface area contributed by atoms with Crippen molar-refractivity contribution in [1.82, 2.24) is 0 Å². The van der Waals surface area contributed by atoms with E-state index in [4.69, 9.17) is 11.6 Å². The molecule has 2 rings (SSSR count). The van der Waals surface area contributed by atoms with Crippen LogP contribution in [0.3, 0.4) is 0 Å². The van der Waals surface area contributed by atoms with Gasteiger partial charge in [0.1, 0.15) is 0 Å². The van der Waals surface area contributed by atoms with Crippen molar-refractivity contribution >= 4 is 54.7 Å². The number of hydrogen-bond donors (Lipinski definition) is 0. The number of Topliss-reactive ketones (excluding diaryl/α,β-unsaturated/α-hetero) is 1. The molecule has 16 heavy (non-hydrogen) atoms. The molecule has 6 heteroatoms. The maximum absolute atomic E-state index is 12.6. The summed E-state index contributed by atoms with van der Waals surface area (Å²) in [5.41, 5.74) is 0. The molecule has 0 aliphatic heterocycles. The molecular weight excluding hydrogens is 322 g/mol. The number of alkyl halides is 3. The highest BCUT2D eigenvalue weighted by molar-refractivity contribution is 9.10. The Balaban J connectivity index is 2.56. The first-order chi connectivity index (χ1) is 7.39. The molecule has 0 aliphatic rings. The van der Waals surface area contributed by atoms with Crippen LogP contribution in [-0.2, 0) is 0 Å². The van der Waals surface area contributed by atoms with E-state index < -0.39 is 11.2 Å². The largest absolute Gasteiger partial charge is 0.385 e. The number of rotatable bonds is 2. The molecule has 1 aromatic carbocycles. The van der Waals surface area contributed by atoms with Crippen molar-refractivity contribution in [2.45, 2.75) is 5.38 Å². The van der Waals surface area contributed by atoms with Gasteiger partial charge in [0, 0.05) is 14.6 Å².